The molecule has 2 aromatic rings. The molecule has 0 aliphatic carbocycles. The number of anilines is 1. The van der Waals surface area contributed by atoms with Gasteiger partial charge in [-0.3, -0.25) is 9.59 Å². The number of carboxylic acids is 1. The van der Waals surface area contributed by atoms with Gasteiger partial charge in [-0.05, 0) is 37.3 Å². The van der Waals surface area contributed by atoms with Gasteiger partial charge in [0.2, 0.25) is 5.91 Å². The molecule has 1 heterocycles. The van der Waals surface area contributed by atoms with E-state index in [2.05, 4.69) is 5.32 Å². The predicted molar refractivity (Wildman–Crippen MR) is 83.9 cm³/mol. The Kier molecular flexibility index (Phi) is 5.14. The fourth-order valence-electron chi connectivity index (χ4n) is 1.94. The quantitative estimate of drug-likeness (QED) is 0.843. The van der Waals surface area contributed by atoms with Crippen molar-refractivity contribution in [3.8, 4) is 5.75 Å². The fraction of sp³-hybridized carbons (Fsp3) is 0.188. The first-order valence-electron chi connectivity index (χ1n) is 6.96. The lowest BCUT2D eigenvalue weighted by atomic mass is 10.3. The lowest BCUT2D eigenvalue weighted by Crippen LogP contribution is -2.27. The molecule has 0 aliphatic heterocycles. The molecule has 2 N–H and O–H groups in total. The first-order chi connectivity index (χ1) is 11.0. The van der Waals surface area contributed by atoms with Crippen LogP contribution in [0.25, 0.3) is 0 Å². The summed E-state index contributed by atoms with van der Waals surface area (Å²) < 4.78 is 6.35. The molecule has 2 rings (SSSR count). The smallest absolute Gasteiger partial charge is 0.337 e. The summed E-state index contributed by atoms with van der Waals surface area (Å²) in [6.45, 7) is 2.15. The van der Waals surface area contributed by atoms with Gasteiger partial charge in [0, 0.05) is 18.0 Å². The van der Waals surface area contributed by atoms with Crippen molar-refractivity contribution >= 4 is 17.6 Å². The zero-order chi connectivity index (χ0) is 16.8. The highest BCUT2D eigenvalue weighted by Gasteiger charge is 2.09. The molecule has 120 valence electrons. The number of benzene rings is 1. The Bertz CT molecular complexity index is 765. The lowest BCUT2D eigenvalue weighted by Gasteiger charge is -2.09. The molecule has 1 aromatic heterocycles. The minimum absolute atomic E-state index is 0.0570. The van der Waals surface area contributed by atoms with Gasteiger partial charge < -0.3 is 19.7 Å². The molecule has 0 spiro atoms. The molecule has 0 bridgehead atoms. The lowest BCUT2D eigenvalue weighted by molar-refractivity contribution is -0.116. The monoisotopic (exact) mass is 316 g/mol. The number of aromatic carboxylic acids is 1. The van der Waals surface area contributed by atoms with Gasteiger partial charge in [0.1, 0.15) is 12.3 Å². The average molecular weight is 316 g/mol. The maximum absolute atomic E-state index is 12.0. The van der Waals surface area contributed by atoms with Crippen LogP contribution in [0.15, 0.2) is 47.4 Å². The minimum atomic E-state index is -1.16. The standard InChI is InChI=1S/C16H16N2O5/c1-2-23-13-6-4-12(5-7-13)17-14(19)10-18-9-11(16(21)22)3-8-15(18)20/h3-9H,2,10H2,1H3,(H,17,19)(H,21,22). The summed E-state index contributed by atoms with van der Waals surface area (Å²) in [6.07, 6.45) is 1.14. The van der Waals surface area contributed by atoms with Crippen LogP contribution in [0.2, 0.25) is 0 Å². The molecule has 7 nitrogen and oxygen atoms in total. The number of hydrogen-bond donors (Lipinski definition) is 2. The second kappa shape index (κ2) is 7.26. The highest BCUT2D eigenvalue weighted by molar-refractivity contribution is 5.91. The Balaban J connectivity index is 2.06. The van der Waals surface area contributed by atoms with Crippen LogP contribution in [0.3, 0.4) is 0 Å². The van der Waals surface area contributed by atoms with Crippen LogP contribution in [0.4, 0.5) is 5.69 Å². The van der Waals surface area contributed by atoms with E-state index in [-0.39, 0.29) is 12.1 Å². The number of pyridine rings is 1. The van der Waals surface area contributed by atoms with Crippen molar-refractivity contribution in [1.29, 1.82) is 0 Å². The van der Waals surface area contributed by atoms with Crippen LogP contribution < -0.4 is 15.6 Å². The minimum Gasteiger partial charge on any atom is -0.494 e. The summed E-state index contributed by atoms with van der Waals surface area (Å²) >= 11 is 0. The van der Waals surface area contributed by atoms with Gasteiger partial charge in [0.15, 0.2) is 0 Å². The molecule has 1 amide bonds. The van der Waals surface area contributed by atoms with E-state index in [1.165, 1.54) is 6.07 Å². The predicted octanol–water partition coefficient (Wildman–Crippen LogP) is 1.58. The molecule has 1 aromatic carbocycles. The summed E-state index contributed by atoms with van der Waals surface area (Å²) in [5.74, 6) is -0.902. The van der Waals surface area contributed by atoms with E-state index in [1.807, 2.05) is 6.92 Å². The molecule has 0 saturated carbocycles. The van der Waals surface area contributed by atoms with Gasteiger partial charge in [-0.1, -0.05) is 0 Å². The Hall–Kier alpha value is -3.09. The maximum atomic E-state index is 12.0. The Morgan fingerprint density at radius 3 is 2.48 bits per heavy atom. The number of ether oxygens (including phenoxy) is 1. The van der Waals surface area contributed by atoms with Gasteiger partial charge in [0.05, 0.1) is 12.2 Å². The number of nitrogens with one attached hydrogen (secondary N) is 1. The van der Waals surface area contributed by atoms with Gasteiger partial charge in [-0.2, -0.15) is 0 Å². The van der Waals surface area contributed by atoms with Gasteiger partial charge in [-0.25, -0.2) is 4.79 Å². The van der Waals surface area contributed by atoms with Crippen molar-refractivity contribution in [1.82, 2.24) is 4.57 Å². The largest absolute Gasteiger partial charge is 0.494 e. The molecule has 7 heteroatoms. The molecule has 0 aliphatic rings. The SMILES string of the molecule is CCOc1ccc(NC(=O)Cn2cc(C(=O)O)ccc2=O)cc1. The first kappa shape index (κ1) is 16.3. The number of nitrogens with zero attached hydrogens (tertiary/aromatic N) is 1. The normalized spacial score (nSPS) is 10.1. The third-order valence-electron chi connectivity index (χ3n) is 2.99. The van der Waals surface area contributed by atoms with Crippen molar-refractivity contribution in [2.75, 3.05) is 11.9 Å². The summed E-state index contributed by atoms with van der Waals surface area (Å²) in [5, 5.41) is 11.5. The van der Waals surface area contributed by atoms with Crippen LogP contribution in [0, 0.1) is 0 Å². The van der Waals surface area contributed by atoms with Gasteiger partial charge in [-0.15, -0.1) is 0 Å². The van der Waals surface area contributed by atoms with Crippen LogP contribution in [-0.2, 0) is 11.3 Å². The van der Waals surface area contributed by atoms with E-state index in [1.54, 1.807) is 24.3 Å². The third kappa shape index (κ3) is 4.44. The van der Waals surface area contributed by atoms with Crippen LogP contribution >= 0.6 is 0 Å². The van der Waals surface area contributed by atoms with E-state index >= 15 is 0 Å². The van der Waals surface area contributed by atoms with Crippen molar-refractivity contribution < 1.29 is 19.4 Å². The summed E-state index contributed by atoms with van der Waals surface area (Å²) in [6, 6.07) is 9.12. The van der Waals surface area contributed by atoms with E-state index in [9.17, 15) is 14.4 Å². The summed E-state index contributed by atoms with van der Waals surface area (Å²) in [4.78, 5) is 34.5. The van der Waals surface area contributed by atoms with Gasteiger partial charge in [0.25, 0.3) is 5.56 Å². The number of carboxylic acid groups (broad SMARTS) is 1. The zero-order valence-electron chi connectivity index (χ0n) is 12.5. The number of rotatable bonds is 6. The molecule has 0 unspecified atom stereocenters. The fourth-order valence-corrected chi connectivity index (χ4v) is 1.94. The van der Waals surface area contributed by atoms with Crippen molar-refractivity contribution in [2.24, 2.45) is 0 Å². The summed E-state index contributed by atoms with van der Waals surface area (Å²) in [7, 11) is 0. The molecule has 0 radical (unpaired) electrons. The molecular formula is C16H16N2O5. The van der Waals surface area contributed by atoms with Crippen molar-refractivity contribution in [2.45, 2.75) is 13.5 Å². The number of carbonyl (C=O) groups is 2. The van der Waals surface area contributed by atoms with E-state index in [4.69, 9.17) is 9.84 Å². The number of hydrogen-bond acceptors (Lipinski definition) is 4. The third-order valence-corrected chi connectivity index (χ3v) is 2.99. The topological polar surface area (TPSA) is 97.6 Å². The number of amides is 1. The number of carbonyl (C=O) groups excluding carboxylic acids is 1. The molecule has 0 fully saturated rings. The molecule has 0 saturated heterocycles. The second-order valence-corrected chi connectivity index (χ2v) is 4.69. The average Bonchev–Trinajstić information content (AvgIpc) is 2.51. The maximum Gasteiger partial charge on any atom is 0.337 e. The molecular weight excluding hydrogens is 300 g/mol. The zero-order valence-corrected chi connectivity index (χ0v) is 12.5. The Morgan fingerprint density at radius 1 is 1.17 bits per heavy atom. The highest BCUT2D eigenvalue weighted by atomic mass is 16.5. The Morgan fingerprint density at radius 2 is 1.87 bits per heavy atom. The number of aromatic nitrogens is 1. The highest BCUT2D eigenvalue weighted by Crippen LogP contribution is 2.15. The Labute approximate surface area is 132 Å². The first-order valence-corrected chi connectivity index (χ1v) is 6.96. The summed E-state index contributed by atoms with van der Waals surface area (Å²) in [5.41, 5.74) is 0.0520. The van der Waals surface area contributed by atoms with Crippen molar-refractivity contribution in [3.63, 3.8) is 0 Å². The van der Waals surface area contributed by atoms with Crippen LogP contribution in [0.1, 0.15) is 17.3 Å². The van der Waals surface area contributed by atoms with E-state index in [0.717, 1.165) is 16.8 Å². The van der Waals surface area contributed by atoms with E-state index < -0.39 is 17.4 Å². The van der Waals surface area contributed by atoms with Crippen LogP contribution in [-0.4, -0.2) is 28.2 Å². The molecule has 23 heavy (non-hydrogen) atoms. The van der Waals surface area contributed by atoms with Crippen LogP contribution in [0.5, 0.6) is 5.75 Å². The van der Waals surface area contributed by atoms with Crippen molar-refractivity contribution in [3.05, 3.63) is 58.5 Å². The second-order valence-electron chi connectivity index (χ2n) is 4.69. The van der Waals surface area contributed by atoms with E-state index in [0.29, 0.717) is 18.0 Å². The molecule has 0 atom stereocenters. The van der Waals surface area contributed by atoms with Gasteiger partial charge >= 0.3 is 5.97 Å².